The molecule has 1 aromatic carbocycles. The van der Waals surface area contributed by atoms with Crippen LogP contribution in [-0.2, 0) is 12.8 Å². The zero-order valence-corrected chi connectivity index (χ0v) is 9.44. The summed E-state index contributed by atoms with van der Waals surface area (Å²) in [6, 6.07) is 6.76. The largest absolute Gasteiger partial charge is 0.324 e. The third kappa shape index (κ3) is 2.10. The van der Waals surface area contributed by atoms with E-state index < -0.39 is 0 Å². The van der Waals surface area contributed by atoms with Gasteiger partial charge in [0.05, 0.1) is 0 Å². The first-order chi connectivity index (χ1) is 6.29. The summed E-state index contributed by atoms with van der Waals surface area (Å²) in [5.41, 5.74) is 10.4. The molecule has 78 valence electrons. The highest BCUT2D eigenvalue weighted by molar-refractivity contribution is 5.85. The van der Waals surface area contributed by atoms with Crippen LogP contribution >= 0.6 is 12.4 Å². The zero-order valence-electron chi connectivity index (χ0n) is 8.62. The summed E-state index contributed by atoms with van der Waals surface area (Å²) in [5, 5.41) is 0. The van der Waals surface area contributed by atoms with Crippen molar-refractivity contribution >= 4 is 12.4 Å². The molecule has 1 nitrogen and oxygen atoms in total. The molecule has 1 aliphatic rings. The summed E-state index contributed by atoms with van der Waals surface area (Å²) < 4.78 is 0. The van der Waals surface area contributed by atoms with E-state index in [4.69, 9.17) is 5.73 Å². The SMILES string of the molecule is CC(N)c1cccc2c1CCCC2.Cl. The number of hydrogen-bond acceptors (Lipinski definition) is 1. The normalized spacial score (nSPS) is 16.7. The Morgan fingerprint density at radius 1 is 1.21 bits per heavy atom. The van der Waals surface area contributed by atoms with E-state index >= 15 is 0 Å². The van der Waals surface area contributed by atoms with Crippen molar-refractivity contribution in [1.82, 2.24) is 0 Å². The van der Waals surface area contributed by atoms with Gasteiger partial charge in [-0.2, -0.15) is 0 Å². The van der Waals surface area contributed by atoms with E-state index in [-0.39, 0.29) is 18.4 Å². The number of benzene rings is 1. The molecule has 0 heterocycles. The maximum Gasteiger partial charge on any atom is 0.0268 e. The van der Waals surface area contributed by atoms with E-state index in [0.29, 0.717) is 0 Å². The first-order valence-corrected chi connectivity index (χ1v) is 5.15. The molecule has 2 N–H and O–H groups in total. The predicted molar refractivity (Wildman–Crippen MR) is 62.9 cm³/mol. The third-order valence-electron chi connectivity index (χ3n) is 2.92. The van der Waals surface area contributed by atoms with Crippen LogP contribution in [0.15, 0.2) is 18.2 Å². The van der Waals surface area contributed by atoms with Gasteiger partial charge in [-0.3, -0.25) is 0 Å². The fourth-order valence-electron chi connectivity index (χ4n) is 2.24. The van der Waals surface area contributed by atoms with Crippen LogP contribution < -0.4 is 5.73 Å². The summed E-state index contributed by atoms with van der Waals surface area (Å²) in [7, 11) is 0. The van der Waals surface area contributed by atoms with Gasteiger partial charge in [0.2, 0.25) is 0 Å². The van der Waals surface area contributed by atoms with Crippen LogP contribution in [0.4, 0.5) is 0 Å². The molecule has 0 spiro atoms. The molecule has 1 aromatic rings. The Morgan fingerprint density at radius 3 is 2.64 bits per heavy atom. The summed E-state index contributed by atoms with van der Waals surface area (Å²) in [4.78, 5) is 0. The van der Waals surface area contributed by atoms with Crippen LogP contribution in [0.3, 0.4) is 0 Å². The maximum atomic E-state index is 5.94. The Kier molecular flexibility index (Phi) is 3.97. The monoisotopic (exact) mass is 211 g/mol. The molecule has 1 atom stereocenters. The van der Waals surface area contributed by atoms with Crippen molar-refractivity contribution in [2.45, 2.75) is 38.6 Å². The lowest BCUT2D eigenvalue weighted by molar-refractivity contribution is 0.667. The predicted octanol–water partition coefficient (Wildman–Crippen LogP) is 3.01. The Morgan fingerprint density at radius 2 is 1.93 bits per heavy atom. The second-order valence-corrected chi connectivity index (χ2v) is 3.98. The topological polar surface area (TPSA) is 26.0 Å². The average Bonchev–Trinajstić information content (AvgIpc) is 2.17. The average molecular weight is 212 g/mol. The Labute approximate surface area is 92.1 Å². The lowest BCUT2D eigenvalue weighted by Gasteiger charge is -2.20. The van der Waals surface area contributed by atoms with Gasteiger partial charge in [0.1, 0.15) is 0 Å². The molecule has 0 radical (unpaired) electrons. The number of nitrogens with two attached hydrogens (primary N) is 1. The van der Waals surface area contributed by atoms with Crippen molar-refractivity contribution in [3.05, 3.63) is 34.9 Å². The molecule has 14 heavy (non-hydrogen) atoms. The van der Waals surface area contributed by atoms with Crippen molar-refractivity contribution in [2.24, 2.45) is 5.73 Å². The van der Waals surface area contributed by atoms with E-state index in [2.05, 4.69) is 25.1 Å². The van der Waals surface area contributed by atoms with Crippen molar-refractivity contribution in [3.8, 4) is 0 Å². The van der Waals surface area contributed by atoms with Crippen molar-refractivity contribution in [3.63, 3.8) is 0 Å². The van der Waals surface area contributed by atoms with Gasteiger partial charge in [-0.1, -0.05) is 18.2 Å². The van der Waals surface area contributed by atoms with E-state index in [9.17, 15) is 0 Å². The Bertz CT molecular complexity index is 307. The van der Waals surface area contributed by atoms with E-state index in [1.807, 2.05) is 0 Å². The minimum Gasteiger partial charge on any atom is -0.324 e. The van der Waals surface area contributed by atoms with Crippen molar-refractivity contribution < 1.29 is 0 Å². The van der Waals surface area contributed by atoms with Crippen LogP contribution in [0.5, 0.6) is 0 Å². The molecule has 0 saturated carbocycles. The number of rotatable bonds is 1. The quantitative estimate of drug-likeness (QED) is 0.760. The molecule has 0 amide bonds. The molecule has 2 rings (SSSR count). The van der Waals surface area contributed by atoms with Gasteiger partial charge in [-0.05, 0) is 49.3 Å². The molecule has 0 saturated heterocycles. The molecule has 0 fully saturated rings. The van der Waals surface area contributed by atoms with Gasteiger partial charge >= 0.3 is 0 Å². The second kappa shape index (κ2) is 4.81. The first-order valence-electron chi connectivity index (χ1n) is 5.15. The first kappa shape index (κ1) is 11.5. The highest BCUT2D eigenvalue weighted by Crippen LogP contribution is 2.27. The van der Waals surface area contributed by atoms with Crippen LogP contribution in [0, 0.1) is 0 Å². The molecule has 1 unspecified atom stereocenters. The van der Waals surface area contributed by atoms with Gasteiger partial charge in [0.25, 0.3) is 0 Å². The van der Waals surface area contributed by atoms with Gasteiger partial charge in [0.15, 0.2) is 0 Å². The lowest BCUT2D eigenvalue weighted by Crippen LogP contribution is -2.12. The number of aryl methyl sites for hydroxylation is 1. The van der Waals surface area contributed by atoms with Crippen LogP contribution in [-0.4, -0.2) is 0 Å². The van der Waals surface area contributed by atoms with Gasteiger partial charge in [-0.15, -0.1) is 12.4 Å². The second-order valence-electron chi connectivity index (χ2n) is 3.98. The summed E-state index contributed by atoms with van der Waals surface area (Å²) in [6.07, 6.45) is 5.15. The minimum absolute atomic E-state index is 0. The molecular formula is C12H18ClN. The zero-order chi connectivity index (χ0) is 9.26. The van der Waals surface area contributed by atoms with E-state index in [1.54, 1.807) is 0 Å². The summed E-state index contributed by atoms with van der Waals surface area (Å²) in [5.74, 6) is 0. The number of hydrogen-bond donors (Lipinski definition) is 1. The number of halogens is 1. The smallest absolute Gasteiger partial charge is 0.0268 e. The van der Waals surface area contributed by atoms with Gasteiger partial charge in [0, 0.05) is 6.04 Å². The van der Waals surface area contributed by atoms with Crippen LogP contribution in [0.2, 0.25) is 0 Å². The van der Waals surface area contributed by atoms with Gasteiger partial charge < -0.3 is 5.73 Å². The third-order valence-corrected chi connectivity index (χ3v) is 2.92. The van der Waals surface area contributed by atoms with Crippen LogP contribution in [0.1, 0.15) is 42.5 Å². The number of fused-ring (bicyclic) bond motifs is 1. The standard InChI is InChI=1S/C12H17N.ClH/c1-9(13)11-8-4-6-10-5-2-3-7-12(10)11;/h4,6,8-9H,2-3,5,7,13H2,1H3;1H. The van der Waals surface area contributed by atoms with Gasteiger partial charge in [-0.25, -0.2) is 0 Å². The fraction of sp³-hybridized carbons (Fsp3) is 0.500. The van der Waals surface area contributed by atoms with Crippen molar-refractivity contribution in [2.75, 3.05) is 0 Å². The van der Waals surface area contributed by atoms with Crippen molar-refractivity contribution in [1.29, 1.82) is 0 Å². The van der Waals surface area contributed by atoms with E-state index in [0.717, 1.165) is 0 Å². The molecule has 0 aliphatic heterocycles. The van der Waals surface area contributed by atoms with Crippen LogP contribution in [0.25, 0.3) is 0 Å². The van der Waals surface area contributed by atoms with E-state index in [1.165, 1.54) is 42.4 Å². The molecular weight excluding hydrogens is 194 g/mol. The lowest BCUT2D eigenvalue weighted by atomic mass is 9.86. The summed E-state index contributed by atoms with van der Waals surface area (Å²) in [6.45, 7) is 2.07. The molecule has 2 heteroatoms. The summed E-state index contributed by atoms with van der Waals surface area (Å²) >= 11 is 0. The molecule has 0 bridgehead atoms. The highest BCUT2D eigenvalue weighted by atomic mass is 35.5. The highest BCUT2D eigenvalue weighted by Gasteiger charge is 2.14. The maximum absolute atomic E-state index is 5.94. The fourth-order valence-corrected chi connectivity index (χ4v) is 2.24. The molecule has 0 aromatic heterocycles. The Balaban J connectivity index is 0.000000980. The molecule has 1 aliphatic carbocycles. The Hall–Kier alpha value is -0.530. The minimum atomic E-state index is 0.